The van der Waals surface area contributed by atoms with Crippen LogP contribution in [0.4, 0.5) is 5.95 Å². The first-order valence-electron chi connectivity index (χ1n) is 4.51. The SMILES string of the molecule is CCc1ccnc(N(C)CCN)n1. The molecule has 0 aliphatic carbocycles. The minimum atomic E-state index is 0.621. The summed E-state index contributed by atoms with van der Waals surface area (Å²) in [6.45, 7) is 3.48. The largest absolute Gasteiger partial charge is 0.343 e. The summed E-state index contributed by atoms with van der Waals surface area (Å²) in [6.07, 6.45) is 2.72. The van der Waals surface area contributed by atoms with Crippen LogP contribution in [0.15, 0.2) is 12.3 Å². The van der Waals surface area contributed by atoms with E-state index in [0.29, 0.717) is 6.54 Å². The lowest BCUT2D eigenvalue weighted by Gasteiger charge is -2.15. The van der Waals surface area contributed by atoms with Crippen LogP contribution in [0.2, 0.25) is 0 Å². The first-order valence-corrected chi connectivity index (χ1v) is 4.51. The number of hydrogen-bond acceptors (Lipinski definition) is 4. The van der Waals surface area contributed by atoms with Gasteiger partial charge in [0.15, 0.2) is 0 Å². The number of nitrogens with two attached hydrogens (primary N) is 1. The summed E-state index contributed by atoms with van der Waals surface area (Å²) in [4.78, 5) is 10.5. The molecule has 0 aliphatic heterocycles. The van der Waals surface area contributed by atoms with Crippen LogP contribution in [0.5, 0.6) is 0 Å². The van der Waals surface area contributed by atoms with Gasteiger partial charge >= 0.3 is 0 Å². The third-order valence-electron chi connectivity index (χ3n) is 1.87. The highest BCUT2D eigenvalue weighted by molar-refractivity contribution is 5.28. The Morgan fingerprint density at radius 3 is 2.92 bits per heavy atom. The quantitative estimate of drug-likeness (QED) is 0.730. The van der Waals surface area contributed by atoms with Crippen molar-refractivity contribution >= 4 is 5.95 Å². The molecule has 1 aromatic rings. The summed E-state index contributed by atoms with van der Waals surface area (Å²) in [5, 5.41) is 0. The van der Waals surface area contributed by atoms with E-state index < -0.39 is 0 Å². The van der Waals surface area contributed by atoms with Crippen molar-refractivity contribution in [3.8, 4) is 0 Å². The Labute approximate surface area is 78.8 Å². The van der Waals surface area contributed by atoms with E-state index in [1.54, 1.807) is 6.20 Å². The summed E-state index contributed by atoms with van der Waals surface area (Å²) < 4.78 is 0. The van der Waals surface area contributed by atoms with Crippen LogP contribution in [0, 0.1) is 0 Å². The third-order valence-corrected chi connectivity index (χ3v) is 1.87. The van der Waals surface area contributed by atoms with Crippen molar-refractivity contribution in [1.29, 1.82) is 0 Å². The number of rotatable bonds is 4. The highest BCUT2D eigenvalue weighted by Gasteiger charge is 2.02. The molecule has 72 valence electrons. The molecule has 1 rings (SSSR count). The maximum atomic E-state index is 5.44. The van der Waals surface area contributed by atoms with E-state index in [9.17, 15) is 0 Å². The molecule has 0 spiro atoms. The maximum Gasteiger partial charge on any atom is 0.225 e. The van der Waals surface area contributed by atoms with Gasteiger partial charge in [-0.2, -0.15) is 0 Å². The lowest BCUT2D eigenvalue weighted by atomic mass is 10.3. The molecule has 0 aliphatic rings. The van der Waals surface area contributed by atoms with Gasteiger partial charge in [0.2, 0.25) is 5.95 Å². The van der Waals surface area contributed by atoms with E-state index >= 15 is 0 Å². The fourth-order valence-corrected chi connectivity index (χ4v) is 1.06. The van der Waals surface area contributed by atoms with E-state index in [0.717, 1.165) is 24.6 Å². The van der Waals surface area contributed by atoms with Crippen molar-refractivity contribution in [1.82, 2.24) is 9.97 Å². The van der Waals surface area contributed by atoms with Crippen LogP contribution in [0.1, 0.15) is 12.6 Å². The first kappa shape index (κ1) is 9.92. The van der Waals surface area contributed by atoms with Crippen LogP contribution >= 0.6 is 0 Å². The van der Waals surface area contributed by atoms with Crippen LogP contribution in [0.3, 0.4) is 0 Å². The van der Waals surface area contributed by atoms with Gasteiger partial charge in [-0.05, 0) is 12.5 Å². The second kappa shape index (κ2) is 4.77. The molecule has 2 N–H and O–H groups in total. The van der Waals surface area contributed by atoms with Crippen molar-refractivity contribution in [3.63, 3.8) is 0 Å². The van der Waals surface area contributed by atoms with Crippen molar-refractivity contribution in [2.75, 3.05) is 25.0 Å². The van der Waals surface area contributed by atoms with Gasteiger partial charge < -0.3 is 10.6 Å². The Morgan fingerprint density at radius 1 is 1.54 bits per heavy atom. The summed E-state index contributed by atoms with van der Waals surface area (Å²) in [5.74, 6) is 0.754. The maximum absolute atomic E-state index is 5.44. The predicted molar refractivity (Wildman–Crippen MR) is 53.7 cm³/mol. The Morgan fingerprint density at radius 2 is 2.31 bits per heavy atom. The Kier molecular flexibility index (Phi) is 3.64. The van der Waals surface area contributed by atoms with Gasteiger partial charge in [-0.1, -0.05) is 6.92 Å². The van der Waals surface area contributed by atoms with E-state index in [1.807, 2.05) is 18.0 Å². The number of aryl methyl sites for hydroxylation is 1. The molecular formula is C9H16N4. The van der Waals surface area contributed by atoms with E-state index in [-0.39, 0.29) is 0 Å². The standard InChI is InChI=1S/C9H16N4/c1-3-8-4-6-11-9(12-8)13(2)7-5-10/h4,6H,3,5,7,10H2,1-2H3. The molecule has 4 heteroatoms. The number of likely N-dealkylation sites (N-methyl/N-ethyl adjacent to an activating group) is 1. The molecule has 1 heterocycles. The molecule has 1 aromatic heterocycles. The minimum Gasteiger partial charge on any atom is -0.343 e. The van der Waals surface area contributed by atoms with Gasteiger partial charge in [-0.3, -0.25) is 0 Å². The van der Waals surface area contributed by atoms with Crippen molar-refractivity contribution in [2.24, 2.45) is 5.73 Å². The number of anilines is 1. The molecular weight excluding hydrogens is 164 g/mol. The summed E-state index contributed by atoms with van der Waals surface area (Å²) >= 11 is 0. The van der Waals surface area contributed by atoms with Gasteiger partial charge in [-0.15, -0.1) is 0 Å². The summed E-state index contributed by atoms with van der Waals surface area (Å²) in [7, 11) is 1.95. The smallest absolute Gasteiger partial charge is 0.225 e. The van der Waals surface area contributed by atoms with Gasteiger partial charge in [0.25, 0.3) is 0 Å². The molecule has 0 fully saturated rings. The molecule has 0 bridgehead atoms. The molecule has 0 amide bonds. The molecule has 0 atom stereocenters. The second-order valence-corrected chi connectivity index (χ2v) is 2.91. The fourth-order valence-electron chi connectivity index (χ4n) is 1.06. The molecule has 4 nitrogen and oxygen atoms in total. The minimum absolute atomic E-state index is 0.621. The van der Waals surface area contributed by atoms with Crippen LogP contribution in [-0.4, -0.2) is 30.1 Å². The average molecular weight is 180 g/mol. The number of hydrogen-bond donors (Lipinski definition) is 1. The van der Waals surface area contributed by atoms with E-state index in [2.05, 4.69) is 16.9 Å². The van der Waals surface area contributed by atoms with Gasteiger partial charge in [0, 0.05) is 32.0 Å². The van der Waals surface area contributed by atoms with Crippen LogP contribution < -0.4 is 10.6 Å². The van der Waals surface area contributed by atoms with Gasteiger partial charge in [0.1, 0.15) is 0 Å². The molecule has 0 saturated carbocycles. The lowest BCUT2D eigenvalue weighted by molar-refractivity contribution is 0.834. The van der Waals surface area contributed by atoms with Crippen LogP contribution in [-0.2, 0) is 6.42 Å². The second-order valence-electron chi connectivity index (χ2n) is 2.91. The fraction of sp³-hybridized carbons (Fsp3) is 0.556. The zero-order valence-electron chi connectivity index (χ0n) is 8.20. The first-order chi connectivity index (χ1) is 6.27. The predicted octanol–water partition coefficient (Wildman–Crippen LogP) is 0.434. The summed E-state index contributed by atoms with van der Waals surface area (Å²) in [6, 6.07) is 1.93. The van der Waals surface area contributed by atoms with E-state index in [4.69, 9.17) is 5.73 Å². The monoisotopic (exact) mass is 180 g/mol. The van der Waals surface area contributed by atoms with Crippen molar-refractivity contribution < 1.29 is 0 Å². The zero-order chi connectivity index (χ0) is 9.68. The lowest BCUT2D eigenvalue weighted by Crippen LogP contribution is -2.26. The van der Waals surface area contributed by atoms with Crippen LogP contribution in [0.25, 0.3) is 0 Å². The Bertz CT molecular complexity index is 262. The molecule has 0 aromatic carbocycles. The Hall–Kier alpha value is -1.16. The van der Waals surface area contributed by atoms with Gasteiger partial charge in [0.05, 0.1) is 0 Å². The molecule has 13 heavy (non-hydrogen) atoms. The average Bonchev–Trinajstić information content (AvgIpc) is 2.18. The summed E-state index contributed by atoms with van der Waals surface area (Å²) in [5.41, 5.74) is 6.50. The molecule has 0 radical (unpaired) electrons. The number of nitrogens with zero attached hydrogens (tertiary/aromatic N) is 3. The topological polar surface area (TPSA) is 55.0 Å². The number of aromatic nitrogens is 2. The van der Waals surface area contributed by atoms with Gasteiger partial charge in [-0.25, -0.2) is 9.97 Å². The highest BCUT2D eigenvalue weighted by Crippen LogP contribution is 2.04. The molecule has 0 unspecified atom stereocenters. The van der Waals surface area contributed by atoms with Crippen molar-refractivity contribution in [2.45, 2.75) is 13.3 Å². The highest BCUT2D eigenvalue weighted by atomic mass is 15.2. The van der Waals surface area contributed by atoms with E-state index in [1.165, 1.54) is 0 Å². The Balaban J connectivity index is 2.75. The third kappa shape index (κ3) is 2.66. The molecule has 0 saturated heterocycles. The van der Waals surface area contributed by atoms with Crippen molar-refractivity contribution in [3.05, 3.63) is 18.0 Å². The normalized spacial score (nSPS) is 10.1. The zero-order valence-corrected chi connectivity index (χ0v) is 8.20.